The second kappa shape index (κ2) is 185. The van der Waals surface area contributed by atoms with E-state index in [9.17, 15) is 19.8 Å². The minimum atomic E-state index is -0.187. The van der Waals surface area contributed by atoms with Crippen molar-refractivity contribution in [3.05, 3.63) is 122 Å². The van der Waals surface area contributed by atoms with Crippen molar-refractivity contribution in [1.29, 1.82) is 0 Å². The molecule has 41 heteroatoms. The molecule has 0 saturated carbocycles. The molecule has 4 aromatic rings. The first-order valence-corrected chi connectivity index (χ1v) is 18.8. The molecule has 0 unspecified atom stereocenters. The van der Waals surface area contributed by atoms with Gasteiger partial charge in [0.05, 0.1) is 0 Å². The summed E-state index contributed by atoms with van der Waals surface area (Å²) in [5.41, 5.74) is 4.74. The Balaban J connectivity index is -0.0000000136. The summed E-state index contributed by atoms with van der Waals surface area (Å²) in [6, 6.07) is 15.8. The van der Waals surface area contributed by atoms with Crippen LogP contribution in [0, 0.1) is 0 Å². The fraction of sp³-hybridized carbons (Fsp3) is 0.435. The van der Waals surface area contributed by atoms with Crippen LogP contribution in [0.4, 0.5) is 22.7 Å². The van der Waals surface area contributed by atoms with E-state index in [0.717, 1.165) is 69.0 Å². The van der Waals surface area contributed by atoms with E-state index in [-0.39, 0.29) is 246 Å². The monoisotopic (exact) mass is 1660 g/mol. The molecular weight excluding hydrogens is 1580 g/mol. The van der Waals surface area contributed by atoms with Crippen LogP contribution in [-0.4, -0.2) is 156 Å². The molecule has 87 heavy (non-hydrogen) atoms. The Morgan fingerprint density at radius 3 is 0.425 bits per heavy atom. The van der Waals surface area contributed by atoms with E-state index in [1.165, 1.54) is 50.4 Å². The zero-order valence-electron chi connectivity index (χ0n) is 51.7. The van der Waals surface area contributed by atoms with Crippen molar-refractivity contribution in [2.24, 2.45) is 0 Å². The molecule has 0 bridgehead atoms. The van der Waals surface area contributed by atoms with Gasteiger partial charge in [-0.1, -0.05) is 13.8 Å². The molecule has 0 spiro atoms. The van der Waals surface area contributed by atoms with E-state index in [2.05, 4.69) is 19.9 Å². The van der Waals surface area contributed by atoms with Gasteiger partial charge in [-0.3, -0.25) is 29.5 Å². The summed E-state index contributed by atoms with van der Waals surface area (Å²) in [6.45, 7) is 5.39. The van der Waals surface area contributed by atoms with Crippen LogP contribution >= 0.6 is 0 Å². The van der Waals surface area contributed by atoms with Gasteiger partial charge in [-0.05, 0) is 74.5 Å². The molecule has 0 fully saturated rings. The SMILES string of the molecule is CC(=O)/C=C(/C)[O-].CC(=O)/C=C(/C)[O-].CN(C)c1ccncc1.CN(C)c1ccncc1.CN(C)c1ccncc1.CN(C)c1ccncc1.C[O-].C[O-].C[O-].C[O-].C[O-].C[O-].C[O-].C[O-].O.O.[O-2].[O-2].[O-2].[O-2].[O-2].[O-2].[O-2].[O-2].[O-2].[O-2].[O-2].[Pd].[Pd].[V+4].[V+4].[V+4].[V+4].[V+4].[V+4]. The van der Waals surface area contributed by atoms with Crippen molar-refractivity contribution in [3.8, 4) is 0 Å². The van der Waals surface area contributed by atoms with Crippen molar-refractivity contribution in [2.45, 2.75) is 27.7 Å². The van der Waals surface area contributed by atoms with Gasteiger partial charge in [0, 0.05) is 170 Å². The second-order valence-electron chi connectivity index (χ2n) is 11.1. The molecule has 0 amide bonds. The summed E-state index contributed by atoms with van der Waals surface area (Å²) in [5.74, 6) is -0.750. The van der Waals surface area contributed by atoms with E-state index in [1.807, 2.05) is 125 Å². The van der Waals surface area contributed by atoms with E-state index >= 15 is 0 Å². The van der Waals surface area contributed by atoms with Crippen LogP contribution in [-0.2, 0) is 222 Å². The molecule has 4 aromatic heterocycles. The third-order valence-electron chi connectivity index (χ3n) is 5.53. The summed E-state index contributed by atoms with van der Waals surface area (Å²) in [7, 11) is 22.1. The van der Waals surface area contributed by atoms with Gasteiger partial charge in [-0.25, -0.2) is 0 Å². The Hall–Kier alpha value is -1.79. The van der Waals surface area contributed by atoms with Crippen LogP contribution in [0.25, 0.3) is 0 Å². The quantitative estimate of drug-likeness (QED) is 0.0983. The van der Waals surface area contributed by atoms with Gasteiger partial charge in [0.1, 0.15) is 0 Å². The van der Waals surface area contributed by atoms with Crippen LogP contribution in [0.5, 0.6) is 0 Å². The second-order valence-corrected chi connectivity index (χ2v) is 11.1. The van der Waals surface area contributed by atoms with E-state index in [4.69, 9.17) is 40.9 Å². The first-order valence-electron chi connectivity index (χ1n) is 18.8. The number of rotatable bonds is 6. The molecule has 0 aliphatic carbocycles. The number of aromatic nitrogens is 4. The normalized spacial score (nSPS) is 6.16. The Morgan fingerprint density at radius 2 is 0.391 bits per heavy atom. The number of carbonyl (C=O) groups excluding carboxylic acids is 2. The van der Waals surface area contributed by atoms with Crippen LogP contribution in [0.2, 0.25) is 0 Å². The van der Waals surface area contributed by atoms with Crippen molar-refractivity contribution >= 4 is 34.3 Å². The maximum atomic E-state index is 9.98. The average molecular weight is 1670 g/mol. The van der Waals surface area contributed by atoms with Gasteiger partial charge in [0.15, 0.2) is 11.6 Å². The molecule has 0 saturated heterocycles. The molecule has 33 nitrogen and oxygen atoms in total. The molecule has 0 atom stereocenters. The maximum Gasteiger partial charge on any atom is 4.00 e. The van der Waals surface area contributed by atoms with Gasteiger partial charge in [0.25, 0.3) is 0 Å². The van der Waals surface area contributed by atoms with E-state index < -0.39 is 0 Å². The van der Waals surface area contributed by atoms with Crippen molar-refractivity contribution in [3.63, 3.8) is 0 Å². The molecule has 0 aliphatic heterocycles. The summed E-state index contributed by atoms with van der Waals surface area (Å²) in [4.78, 5) is 43.7. The zero-order chi connectivity index (χ0) is 54.5. The molecule has 4 N–H and O–H groups in total. The first kappa shape index (κ1) is 206. The summed E-state index contributed by atoms with van der Waals surface area (Å²) in [5, 5.41) is 86.0. The summed E-state index contributed by atoms with van der Waals surface area (Å²) < 4.78 is 0. The third kappa shape index (κ3) is 194. The molecule has 514 valence electrons. The molecular formula is C46H82N8O25Pd2V6-8. The van der Waals surface area contributed by atoms with Crippen LogP contribution in [0.3, 0.4) is 0 Å². The van der Waals surface area contributed by atoms with Crippen molar-refractivity contribution < 1.29 is 284 Å². The predicted octanol–water partition coefficient (Wildman–Crippen LogP) is -6.89. The topological polar surface area (TPSA) is 706 Å². The maximum absolute atomic E-state index is 9.98. The Labute approximate surface area is 615 Å². The number of hydrogen-bond donors (Lipinski definition) is 0. The van der Waals surface area contributed by atoms with Crippen molar-refractivity contribution in [1.82, 2.24) is 19.9 Å². The summed E-state index contributed by atoms with van der Waals surface area (Å²) >= 11 is 0. The number of hydrogen-bond acceptors (Lipinski definition) is 20. The van der Waals surface area contributed by atoms with Crippen LogP contribution in [0.15, 0.2) is 122 Å². The molecule has 0 aliphatic rings. The van der Waals surface area contributed by atoms with Crippen LogP contribution < -0.4 is 70.7 Å². The number of nitrogens with zero attached hydrogens (tertiary/aromatic N) is 8. The minimum Gasteiger partial charge on any atom is -2.00 e. The molecule has 4 heterocycles. The van der Waals surface area contributed by atoms with Gasteiger partial charge in [0.2, 0.25) is 0 Å². The minimum absolute atomic E-state index is 0. The largest absolute Gasteiger partial charge is 4.00 e. The Bertz CT molecular complexity index is 1370. The van der Waals surface area contributed by atoms with E-state index in [0.29, 0.717) is 0 Å². The van der Waals surface area contributed by atoms with Gasteiger partial charge >= 0.3 is 111 Å². The molecule has 6 radical (unpaired) electrons. The third-order valence-corrected chi connectivity index (χ3v) is 5.53. The van der Waals surface area contributed by atoms with Gasteiger partial charge in [-0.15, -0.1) is 11.5 Å². The first-order chi connectivity index (χ1) is 31.5. The average Bonchev–Trinajstić information content (AvgIpc) is 3.35. The molecule has 0 aromatic carbocycles. The van der Waals surface area contributed by atoms with E-state index in [1.54, 1.807) is 49.6 Å². The number of pyridine rings is 4. The number of anilines is 4. The van der Waals surface area contributed by atoms with Crippen molar-refractivity contribution in [2.75, 3.05) is 133 Å². The number of allylic oxidation sites excluding steroid dienone is 4. The Kier molecular flexibility index (Phi) is 436. The Morgan fingerprint density at radius 1 is 0.299 bits per heavy atom. The fourth-order valence-electron chi connectivity index (χ4n) is 3.14. The smallest absolute Gasteiger partial charge is 2.00 e. The van der Waals surface area contributed by atoms with Gasteiger partial charge < -0.3 is 142 Å². The standard InChI is InChI=1S/4C7H10N2.2C5H8O2.8CH3O.2H2O.11O.2Pd.6V/c4*1-9(2)7-3-5-8-6-4-7;2*1-4(6)3-5(2)7;8*1-2;;;;;;;;;;;;;;;;;;;;;/h4*3-6H,1-2H3;2*3,6H,1-2H3;8*1H3;2*1H2;;;;;;;;;;;;;;;;;;;/q;;;;;;8*-1;;;11*-2;;;6*+4/p-2/b;;;;2*4-3-;;;;;;;;;;;;;;;;;;;;;;;;;;;;;. The fourth-order valence-corrected chi connectivity index (χ4v) is 3.14. The summed E-state index contributed by atoms with van der Waals surface area (Å²) in [6.07, 6.45) is 16.4. The van der Waals surface area contributed by atoms with Crippen LogP contribution in [0.1, 0.15) is 27.7 Å². The number of carbonyl (C=O) groups is 2. The number of ketones is 2. The predicted molar refractivity (Wildman–Crippen MR) is 265 cm³/mol. The van der Waals surface area contributed by atoms with Gasteiger partial charge in [-0.2, -0.15) is 56.9 Å². The zero-order valence-corrected chi connectivity index (χ0v) is 63.2. The molecule has 4 rings (SSSR count).